The van der Waals surface area contributed by atoms with Gasteiger partial charge in [-0.3, -0.25) is 4.79 Å². The fourth-order valence-electron chi connectivity index (χ4n) is 1.59. The molecule has 0 aliphatic carbocycles. The number of hydrogen-bond acceptors (Lipinski definition) is 4. The van der Waals surface area contributed by atoms with Crippen molar-refractivity contribution in [2.24, 2.45) is 0 Å². The van der Waals surface area contributed by atoms with Gasteiger partial charge in [0.1, 0.15) is 4.88 Å². The molecule has 6 heteroatoms. The molecule has 1 atom stereocenters. The summed E-state index contributed by atoms with van der Waals surface area (Å²) in [6.45, 7) is 4.01. The van der Waals surface area contributed by atoms with E-state index in [1.807, 2.05) is 13.8 Å². The third-order valence-electron chi connectivity index (χ3n) is 2.55. The number of ether oxygens (including phenoxy) is 1. The van der Waals surface area contributed by atoms with Crippen LogP contribution in [0.15, 0.2) is 4.47 Å². The number of halogens is 1. The lowest BCUT2D eigenvalue weighted by molar-refractivity contribution is 0.0937. The molecule has 1 unspecified atom stereocenters. The third kappa shape index (κ3) is 3.70. The van der Waals surface area contributed by atoms with Crippen molar-refractivity contribution < 1.29 is 14.6 Å². The third-order valence-corrected chi connectivity index (χ3v) is 4.86. The first kappa shape index (κ1) is 15.5. The predicted molar refractivity (Wildman–Crippen MR) is 76.6 cm³/mol. The minimum absolute atomic E-state index is 0.0375. The zero-order chi connectivity index (χ0) is 13.7. The Kier molecular flexibility index (Phi) is 6.11. The minimum atomic E-state index is -0.129. The molecule has 0 saturated heterocycles. The number of methoxy groups -OCH3 is 1. The van der Waals surface area contributed by atoms with Gasteiger partial charge in [-0.05, 0) is 42.6 Å². The van der Waals surface area contributed by atoms with Crippen LogP contribution in [0.4, 0.5) is 0 Å². The van der Waals surface area contributed by atoms with Crippen LogP contribution < -0.4 is 10.1 Å². The smallest absolute Gasteiger partial charge is 0.265 e. The van der Waals surface area contributed by atoms with Crippen molar-refractivity contribution in [1.82, 2.24) is 5.32 Å². The Morgan fingerprint density at radius 3 is 2.83 bits per heavy atom. The van der Waals surface area contributed by atoms with Crippen LogP contribution in [-0.2, 0) is 0 Å². The summed E-state index contributed by atoms with van der Waals surface area (Å²) in [4.78, 5) is 13.7. The number of carbonyl (C=O) groups is 1. The molecule has 0 radical (unpaired) electrons. The Hall–Kier alpha value is -0.590. The van der Waals surface area contributed by atoms with E-state index < -0.39 is 0 Å². The van der Waals surface area contributed by atoms with Crippen LogP contribution in [0.25, 0.3) is 0 Å². The van der Waals surface area contributed by atoms with Gasteiger partial charge in [0, 0.05) is 17.5 Å². The number of aliphatic hydroxyl groups excluding tert-OH is 1. The van der Waals surface area contributed by atoms with Crippen molar-refractivity contribution in [2.45, 2.75) is 32.7 Å². The van der Waals surface area contributed by atoms with E-state index >= 15 is 0 Å². The maximum Gasteiger partial charge on any atom is 0.265 e. The van der Waals surface area contributed by atoms with E-state index in [4.69, 9.17) is 9.84 Å². The van der Waals surface area contributed by atoms with Gasteiger partial charge in [0.15, 0.2) is 5.75 Å². The van der Waals surface area contributed by atoms with Gasteiger partial charge >= 0.3 is 0 Å². The normalized spacial score (nSPS) is 12.3. The first-order valence-corrected chi connectivity index (χ1v) is 7.36. The molecule has 1 amide bonds. The van der Waals surface area contributed by atoms with E-state index in [2.05, 4.69) is 21.2 Å². The largest absolute Gasteiger partial charge is 0.494 e. The maximum atomic E-state index is 12.1. The van der Waals surface area contributed by atoms with E-state index in [-0.39, 0.29) is 18.6 Å². The van der Waals surface area contributed by atoms with Gasteiger partial charge in [-0.15, -0.1) is 11.3 Å². The fraction of sp³-hybridized carbons (Fsp3) is 0.583. The van der Waals surface area contributed by atoms with Crippen LogP contribution in [0, 0.1) is 6.92 Å². The summed E-state index contributed by atoms with van der Waals surface area (Å²) in [5.41, 5.74) is 0. The second kappa shape index (κ2) is 7.11. The quantitative estimate of drug-likeness (QED) is 0.840. The lowest BCUT2D eigenvalue weighted by Crippen LogP contribution is -2.32. The van der Waals surface area contributed by atoms with Crippen molar-refractivity contribution in [3.63, 3.8) is 0 Å². The van der Waals surface area contributed by atoms with Crippen molar-refractivity contribution in [3.05, 3.63) is 14.2 Å². The Morgan fingerprint density at radius 1 is 1.61 bits per heavy atom. The molecule has 2 N–H and O–H groups in total. The fourth-order valence-corrected chi connectivity index (χ4v) is 3.25. The second-order valence-electron chi connectivity index (χ2n) is 4.07. The summed E-state index contributed by atoms with van der Waals surface area (Å²) >= 11 is 4.82. The van der Waals surface area contributed by atoms with E-state index in [1.165, 1.54) is 11.3 Å². The number of thiophene rings is 1. The first-order valence-electron chi connectivity index (χ1n) is 5.75. The molecule has 0 aromatic carbocycles. The molecule has 0 spiro atoms. The van der Waals surface area contributed by atoms with Gasteiger partial charge in [0.25, 0.3) is 5.91 Å². The summed E-state index contributed by atoms with van der Waals surface area (Å²) in [5, 5.41) is 11.7. The van der Waals surface area contributed by atoms with Crippen LogP contribution in [0.1, 0.15) is 34.3 Å². The Balaban J connectivity index is 2.75. The Morgan fingerprint density at radius 2 is 2.28 bits per heavy atom. The summed E-state index contributed by atoms with van der Waals surface area (Å²) in [5.74, 6) is 0.459. The van der Waals surface area contributed by atoms with Crippen molar-refractivity contribution >= 4 is 33.2 Å². The Labute approximate surface area is 119 Å². The molecule has 1 aromatic rings. The van der Waals surface area contributed by atoms with Crippen molar-refractivity contribution in [2.75, 3.05) is 13.7 Å². The zero-order valence-electron chi connectivity index (χ0n) is 10.7. The molecule has 0 aliphatic rings. The van der Waals surface area contributed by atoms with E-state index in [1.54, 1.807) is 7.11 Å². The van der Waals surface area contributed by atoms with Gasteiger partial charge in [0.05, 0.1) is 11.6 Å². The molecule has 1 rings (SSSR count). The van der Waals surface area contributed by atoms with Crippen molar-refractivity contribution in [1.29, 1.82) is 0 Å². The van der Waals surface area contributed by atoms with Crippen LogP contribution in [0.2, 0.25) is 0 Å². The molecule has 4 nitrogen and oxygen atoms in total. The molecule has 0 bridgehead atoms. The minimum Gasteiger partial charge on any atom is -0.494 e. The van der Waals surface area contributed by atoms with Gasteiger partial charge in [-0.2, -0.15) is 0 Å². The number of amides is 1. The maximum absolute atomic E-state index is 12.1. The molecule has 0 saturated carbocycles. The molecule has 0 fully saturated rings. The first-order chi connectivity index (χ1) is 8.51. The predicted octanol–water partition coefficient (Wildman–Crippen LogP) is 2.72. The Bertz CT molecular complexity index is 420. The number of aryl methyl sites for hydroxylation is 1. The molecule has 18 heavy (non-hydrogen) atoms. The van der Waals surface area contributed by atoms with Gasteiger partial charge in [-0.25, -0.2) is 0 Å². The van der Waals surface area contributed by atoms with Crippen molar-refractivity contribution in [3.8, 4) is 5.75 Å². The van der Waals surface area contributed by atoms with Crippen LogP contribution in [-0.4, -0.2) is 30.8 Å². The average molecular weight is 336 g/mol. The summed E-state index contributed by atoms with van der Waals surface area (Å²) in [7, 11) is 1.55. The molecule has 0 aliphatic heterocycles. The lowest BCUT2D eigenvalue weighted by Gasteiger charge is -2.13. The van der Waals surface area contributed by atoms with Gasteiger partial charge in [-0.1, -0.05) is 0 Å². The summed E-state index contributed by atoms with van der Waals surface area (Å²) < 4.78 is 6.08. The monoisotopic (exact) mass is 335 g/mol. The van der Waals surface area contributed by atoms with Crippen LogP contribution in [0.5, 0.6) is 5.75 Å². The number of nitrogens with one attached hydrogen (secondary N) is 1. The highest BCUT2D eigenvalue weighted by Gasteiger charge is 2.21. The van der Waals surface area contributed by atoms with E-state index in [9.17, 15) is 4.79 Å². The van der Waals surface area contributed by atoms with Gasteiger partial charge in [0.2, 0.25) is 0 Å². The van der Waals surface area contributed by atoms with Gasteiger partial charge < -0.3 is 15.2 Å². The van der Waals surface area contributed by atoms with E-state index in [0.29, 0.717) is 17.0 Å². The standard InChI is InChI=1S/C12H18BrNO3S/c1-7(5-4-6-15)14-12(16)11-10(17-3)9(13)8(2)18-11/h7,15H,4-6H2,1-3H3,(H,14,16). The lowest BCUT2D eigenvalue weighted by atomic mass is 10.2. The highest BCUT2D eigenvalue weighted by Crippen LogP contribution is 2.39. The highest BCUT2D eigenvalue weighted by molar-refractivity contribution is 9.10. The number of carbonyl (C=O) groups excluding carboxylic acids is 1. The number of aliphatic hydroxyl groups is 1. The summed E-state index contributed by atoms with van der Waals surface area (Å²) in [6.07, 6.45) is 1.45. The molecule has 102 valence electrons. The van der Waals surface area contributed by atoms with E-state index in [0.717, 1.165) is 15.8 Å². The van der Waals surface area contributed by atoms with Crippen LogP contribution in [0.3, 0.4) is 0 Å². The summed E-state index contributed by atoms with van der Waals surface area (Å²) in [6, 6.07) is 0.0375. The number of rotatable bonds is 6. The van der Waals surface area contributed by atoms with Crippen LogP contribution >= 0.6 is 27.3 Å². The molecule has 1 aromatic heterocycles. The average Bonchev–Trinajstić information content (AvgIpc) is 2.63. The molecular formula is C12H18BrNO3S. The highest BCUT2D eigenvalue weighted by atomic mass is 79.9. The zero-order valence-corrected chi connectivity index (χ0v) is 13.2. The number of hydrogen-bond donors (Lipinski definition) is 2. The molecule has 1 heterocycles. The SMILES string of the molecule is COc1c(C(=O)NC(C)CCCO)sc(C)c1Br. The topological polar surface area (TPSA) is 58.6 Å². The second-order valence-corrected chi connectivity index (χ2v) is 6.09. The molecular weight excluding hydrogens is 318 g/mol.